The van der Waals surface area contributed by atoms with Gasteiger partial charge in [-0.05, 0) is 74.0 Å². The van der Waals surface area contributed by atoms with E-state index >= 15 is 0 Å². The van der Waals surface area contributed by atoms with Crippen molar-refractivity contribution in [1.82, 2.24) is 0 Å². The monoisotopic (exact) mass is 398 g/mol. The highest BCUT2D eigenvalue weighted by atomic mass is 16.5. The predicted molar refractivity (Wildman–Crippen MR) is 110 cm³/mol. The van der Waals surface area contributed by atoms with E-state index in [0.717, 1.165) is 32.1 Å². The zero-order chi connectivity index (χ0) is 20.6. The van der Waals surface area contributed by atoms with E-state index < -0.39 is 0 Å². The first kappa shape index (κ1) is 19.4. The molecule has 4 heteroatoms. The quantitative estimate of drug-likeness (QED) is 0.462. The molecule has 0 aromatic carbocycles. The maximum Gasteiger partial charge on any atom is 0.330 e. The maximum atomic E-state index is 12.0. The Bertz CT molecular complexity index is 810. The van der Waals surface area contributed by atoms with Gasteiger partial charge in [-0.25, -0.2) is 4.79 Å². The molecule has 0 bridgehead atoms. The van der Waals surface area contributed by atoms with Crippen LogP contribution < -0.4 is 0 Å². The number of hydrogen-bond donors (Lipinski definition) is 0. The van der Waals surface area contributed by atoms with Crippen LogP contribution in [0.1, 0.15) is 72.6 Å². The highest BCUT2D eigenvalue weighted by Crippen LogP contribution is 2.67. The summed E-state index contributed by atoms with van der Waals surface area (Å²) in [5, 5.41) is 0. The first-order chi connectivity index (χ1) is 13.7. The highest BCUT2D eigenvalue weighted by molar-refractivity contribution is 5.84. The summed E-state index contributed by atoms with van der Waals surface area (Å²) in [5.41, 5.74) is 3.23. The molecule has 0 spiro atoms. The lowest BCUT2D eigenvalue weighted by Crippen LogP contribution is -2.50. The molecule has 0 aromatic heterocycles. The van der Waals surface area contributed by atoms with Gasteiger partial charge >= 0.3 is 11.9 Å². The van der Waals surface area contributed by atoms with Crippen molar-refractivity contribution in [2.45, 2.75) is 84.8 Å². The molecule has 1 aliphatic heterocycles. The van der Waals surface area contributed by atoms with Crippen LogP contribution in [0.2, 0.25) is 0 Å². The van der Waals surface area contributed by atoms with Crippen LogP contribution in [-0.4, -0.2) is 24.1 Å². The van der Waals surface area contributed by atoms with Gasteiger partial charge in [-0.15, -0.1) is 0 Å². The zero-order valence-electron chi connectivity index (χ0n) is 18.2. The Kier molecular flexibility index (Phi) is 4.32. The van der Waals surface area contributed by atoms with Crippen molar-refractivity contribution in [2.24, 2.45) is 34.5 Å². The molecule has 0 N–H and O–H groups in total. The minimum absolute atomic E-state index is 0.0544. The Morgan fingerprint density at radius 1 is 1.21 bits per heavy atom. The van der Waals surface area contributed by atoms with Gasteiger partial charge in [0.05, 0.1) is 0 Å². The van der Waals surface area contributed by atoms with Crippen LogP contribution >= 0.6 is 0 Å². The predicted octanol–water partition coefficient (Wildman–Crippen LogP) is 4.98. The molecule has 4 aliphatic carbocycles. The molecule has 0 radical (unpaired) electrons. The van der Waals surface area contributed by atoms with Crippen LogP contribution in [0.15, 0.2) is 23.3 Å². The number of carbonyl (C=O) groups is 2. The molecule has 0 aromatic rings. The summed E-state index contributed by atoms with van der Waals surface area (Å²) in [6.07, 6.45) is 12.0. The van der Waals surface area contributed by atoms with Gasteiger partial charge in [0.1, 0.15) is 12.2 Å². The lowest BCUT2D eigenvalue weighted by atomic mass is 9.47. The maximum absolute atomic E-state index is 12.0. The highest BCUT2D eigenvalue weighted by Gasteiger charge is 2.62. The van der Waals surface area contributed by atoms with E-state index in [2.05, 4.69) is 26.8 Å². The first-order valence-corrected chi connectivity index (χ1v) is 11.5. The van der Waals surface area contributed by atoms with Gasteiger partial charge in [0.2, 0.25) is 0 Å². The molecule has 0 amide bonds. The van der Waals surface area contributed by atoms with Crippen molar-refractivity contribution in [1.29, 1.82) is 0 Å². The SMILES string of the molecule is CC(=O)OC1CCC2(C)C(=CCC3C2CCC2(C)C3C[C@H]3OC(=O)C=C(C)C32)C1. The van der Waals surface area contributed by atoms with Crippen molar-refractivity contribution in [2.75, 3.05) is 0 Å². The summed E-state index contributed by atoms with van der Waals surface area (Å²) < 4.78 is 11.4. The van der Waals surface area contributed by atoms with Crippen LogP contribution in [0.4, 0.5) is 0 Å². The van der Waals surface area contributed by atoms with Crippen LogP contribution in [0.25, 0.3) is 0 Å². The third-order valence-corrected chi connectivity index (χ3v) is 9.50. The summed E-state index contributed by atoms with van der Waals surface area (Å²) >= 11 is 0. The average Bonchev–Trinajstić information content (AvgIpc) is 2.94. The van der Waals surface area contributed by atoms with Gasteiger partial charge in [0.25, 0.3) is 0 Å². The molecule has 3 fully saturated rings. The van der Waals surface area contributed by atoms with E-state index in [9.17, 15) is 9.59 Å². The van der Waals surface area contributed by atoms with E-state index in [-0.39, 0.29) is 35.0 Å². The van der Waals surface area contributed by atoms with Crippen LogP contribution in [0.3, 0.4) is 0 Å². The molecule has 7 unspecified atom stereocenters. The van der Waals surface area contributed by atoms with Crippen molar-refractivity contribution in [3.05, 3.63) is 23.3 Å². The Labute approximate surface area is 174 Å². The van der Waals surface area contributed by atoms with Crippen LogP contribution in [0, 0.1) is 34.5 Å². The third kappa shape index (κ3) is 2.77. The lowest BCUT2D eigenvalue weighted by molar-refractivity contribution is -0.149. The number of fused-ring (bicyclic) bond motifs is 7. The molecular formula is C25H34O4. The minimum Gasteiger partial charge on any atom is -0.462 e. The minimum atomic E-state index is -0.159. The standard InChI is InChI=1S/C25H34O4/c1-14-11-22(27)29-21-13-20-18-6-5-16-12-17(28-15(2)26)7-9-24(16,3)19(18)8-10-25(20,4)23(14)21/h5,11,17-21,23H,6-10,12-13H2,1-4H3/t17?,18?,19?,20?,21-,23?,24?,25?/m1/s1. The number of esters is 2. The number of hydrogen-bond acceptors (Lipinski definition) is 4. The van der Waals surface area contributed by atoms with Crippen molar-refractivity contribution >= 4 is 11.9 Å². The molecule has 5 rings (SSSR count). The van der Waals surface area contributed by atoms with Crippen molar-refractivity contribution < 1.29 is 19.1 Å². The normalized spacial score (nSPS) is 48.2. The summed E-state index contributed by atoms with van der Waals surface area (Å²) in [4.78, 5) is 23.4. The van der Waals surface area contributed by atoms with Gasteiger partial charge in [0.15, 0.2) is 0 Å². The van der Waals surface area contributed by atoms with Crippen molar-refractivity contribution in [3.63, 3.8) is 0 Å². The summed E-state index contributed by atoms with van der Waals surface area (Å²) in [7, 11) is 0. The molecule has 0 saturated heterocycles. The summed E-state index contributed by atoms with van der Waals surface area (Å²) in [6, 6.07) is 0. The number of allylic oxidation sites excluding steroid dienone is 1. The van der Waals surface area contributed by atoms with E-state index in [1.165, 1.54) is 30.9 Å². The van der Waals surface area contributed by atoms with Gasteiger partial charge in [-0.2, -0.15) is 0 Å². The Morgan fingerprint density at radius 2 is 2.00 bits per heavy atom. The van der Waals surface area contributed by atoms with E-state index in [4.69, 9.17) is 9.47 Å². The van der Waals surface area contributed by atoms with Crippen LogP contribution in [-0.2, 0) is 19.1 Å². The molecule has 1 heterocycles. The lowest BCUT2D eigenvalue weighted by Gasteiger charge is -2.58. The van der Waals surface area contributed by atoms with E-state index in [1.54, 1.807) is 6.08 Å². The molecule has 5 aliphatic rings. The number of ether oxygens (including phenoxy) is 2. The molecule has 8 atom stereocenters. The fraction of sp³-hybridized carbons (Fsp3) is 0.760. The van der Waals surface area contributed by atoms with Gasteiger partial charge < -0.3 is 9.47 Å². The number of rotatable bonds is 1. The summed E-state index contributed by atoms with van der Waals surface area (Å²) in [5.74, 6) is 2.07. The Morgan fingerprint density at radius 3 is 2.76 bits per heavy atom. The second kappa shape index (κ2) is 6.46. The zero-order valence-corrected chi connectivity index (χ0v) is 18.2. The fourth-order valence-electron chi connectivity index (χ4n) is 8.34. The van der Waals surface area contributed by atoms with Gasteiger partial charge in [-0.3, -0.25) is 4.79 Å². The molecule has 4 nitrogen and oxygen atoms in total. The third-order valence-electron chi connectivity index (χ3n) is 9.50. The Balaban J connectivity index is 1.43. The first-order valence-electron chi connectivity index (χ1n) is 11.5. The average molecular weight is 399 g/mol. The molecule has 158 valence electrons. The van der Waals surface area contributed by atoms with E-state index in [1.807, 2.05) is 0 Å². The van der Waals surface area contributed by atoms with Gasteiger partial charge in [-0.1, -0.05) is 31.1 Å². The number of carbonyl (C=O) groups excluding carboxylic acids is 2. The second-order valence-corrected chi connectivity index (χ2v) is 10.9. The molecule has 3 saturated carbocycles. The molecular weight excluding hydrogens is 364 g/mol. The largest absolute Gasteiger partial charge is 0.462 e. The fourth-order valence-corrected chi connectivity index (χ4v) is 8.34. The van der Waals surface area contributed by atoms with Crippen LogP contribution in [0.5, 0.6) is 0 Å². The Hall–Kier alpha value is -1.58. The van der Waals surface area contributed by atoms with E-state index in [0.29, 0.717) is 23.7 Å². The molecule has 29 heavy (non-hydrogen) atoms. The second-order valence-electron chi connectivity index (χ2n) is 10.9. The van der Waals surface area contributed by atoms with Crippen molar-refractivity contribution in [3.8, 4) is 0 Å². The summed E-state index contributed by atoms with van der Waals surface area (Å²) in [6.45, 7) is 8.59. The topological polar surface area (TPSA) is 52.6 Å². The smallest absolute Gasteiger partial charge is 0.330 e. The van der Waals surface area contributed by atoms with Gasteiger partial charge in [0, 0.05) is 25.3 Å².